The first-order chi connectivity index (χ1) is 15.4. The number of furan rings is 1. The van der Waals surface area contributed by atoms with Crippen LogP contribution in [-0.2, 0) is 26.1 Å². The van der Waals surface area contributed by atoms with E-state index in [2.05, 4.69) is 18.8 Å². The van der Waals surface area contributed by atoms with E-state index in [-0.39, 0.29) is 17.0 Å². The number of nitrogens with zero attached hydrogens (tertiary/aromatic N) is 2. The molecule has 0 saturated heterocycles. The van der Waals surface area contributed by atoms with Crippen LogP contribution < -0.4 is 10.0 Å². The number of hydrogen-bond donors (Lipinski definition) is 2. The molecule has 0 saturated carbocycles. The molecule has 0 fully saturated rings. The summed E-state index contributed by atoms with van der Waals surface area (Å²) < 4.78 is 45.4. The Morgan fingerprint density at radius 2 is 1.84 bits per heavy atom. The maximum Gasteiger partial charge on any atom is 0.338 e. The van der Waals surface area contributed by atoms with Crippen molar-refractivity contribution in [2.45, 2.75) is 11.4 Å². The number of aromatic nitrogens is 2. The summed E-state index contributed by atoms with van der Waals surface area (Å²) in [7, 11) is -3.79. The van der Waals surface area contributed by atoms with E-state index in [0.29, 0.717) is 22.5 Å². The van der Waals surface area contributed by atoms with Gasteiger partial charge in [0.2, 0.25) is 10.0 Å². The minimum absolute atomic E-state index is 0.00107. The van der Waals surface area contributed by atoms with Crippen LogP contribution in [0, 0.1) is 0 Å². The zero-order valence-electron chi connectivity index (χ0n) is 16.3. The first kappa shape index (κ1) is 21.6. The fourth-order valence-corrected chi connectivity index (χ4v) is 4.28. The highest BCUT2D eigenvalue weighted by molar-refractivity contribution is 7.89. The predicted octanol–water partition coefficient (Wildman–Crippen LogP) is 2.56. The number of sulfonamides is 1. The minimum Gasteiger partial charge on any atom is -0.468 e. The first-order valence-electron chi connectivity index (χ1n) is 9.23. The number of carbonyl (C=O) groups excluding carboxylic acids is 2. The minimum atomic E-state index is -3.79. The number of amides is 1. The Morgan fingerprint density at radius 1 is 1.03 bits per heavy atom. The number of rotatable bonds is 8. The highest BCUT2D eigenvalue weighted by atomic mass is 32.2. The van der Waals surface area contributed by atoms with Crippen molar-refractivity contribution in [3.63, 3.8) is 0 Å². The van der Waals surface area contributed by atoms with Gasteiger partial charge in [0.1, 0.15) is 16.8 Å². The summed E-state index contributed by atoms with van der Waals surface area (Å²) in [4.78, 5) is 24.3. The van der Waals surface area contributed by atoms with Gasteiger partial charge in [-0.3, -0.25) is 4.79 Å². The molecule has 0 bridgehead atoms. The van der Waals surface area contributed by atoms with Crippen LogP contribution in [0.5, 0.6) is 0 Å². The summed E-state index contributed by atoms with van der Waals surface area (Å²) in [6.45, 7) is -0.517. The number of fused-ring (bicyclic) bond motifs is 1. The fraction of sp³-hybridized carbons (Fsp3) is 0.100. The molecule has 2 N–H and O–H groups in total. The Labute approximate surface area is 186 Å². The topological polar surface area (TPSA) is 140 Å². The quantitative estimate of drug-likeness (QED) is 0.373. The normalized spacial score (nSPS) is 11.4. The predicted molar refractivity (Wildman–Crippen MR) is 116 cm³/mol. The maximum absolute atomic E-state index is 12.3. The third-order valence-corrected chi connectivity index (χ3v) is 6.27. The van der Waals surface area contributed by atoms with Crippen LogP contribution in [0.2, 0.25) is 0 Å². The standard InChI is InChI=1S/C20H16N4O6S2/c25-18(22-16-4-1-5-17-19(16)24-31-23-17)12-30-20(26)13-6-8-15(9-7-13)32(27,28)21-11-14-3-2-10-29-14/h1-10,21H,11-12H2,(H,22,25). The average molecular weight is 473 g/mol. The molecule has 0 aliphatic rings. The highest BCUT2D eigenvalue weighted by Crippen LogP contribution is 2.21. The molecule has 12 heteroatoms. The number of esters is 1. The van der Waals surface area contributed by atoms with Gasteiger partial charge in [-0.2, -0.15) is 8.75 Å². The largest absolute Gasteiger partial charge is 0.468 e. The molecule has 0 aliphatic heterocycles. The third-order valence-electron chi connectivity index (χ3n) is 4.31. The molecule has 10 nitrogen and oxygen atoms in total. The molecule has 2 aromatic heterocycles. The second-order valence-corrected chi connectivity index (χ2v) is 8.79. The molecule has 4 rings (SSSR count). The summed E-state index contributed by atoms with van der Waals surface area (Å²) in [6, 6.07) is 13.6. The van der Waals surface area contributed by atoms with Gasteiger partial charge in [-0.25, -0.2) is 17.9 Å². The average Bonchev–Trinajstić information content (AvgIpc) is 3.49. The van der Waals surface area contributed by atoms with Crippen LogP contribution in [0.4, 0.5) is 5.69 Å². The summed E-state index contributed by atoms with van der Waals surface area (Å²) in [6.07, 6.45) is 1.45. The number of carbonyl (C=O) groups is 2. The SMILES string of the molecule is O=C(COC(=O)c1ccc(S(=O)(=O)NCc2ccco2)cc1)Nc1cccc2nsnc12. The molecule has 2 heterocycles. The smallest absolute Gasteiger partial charge is 0.338 e. The number of ether oxygens (including phenoxy) is 1. The monoisotopic (exact) mass is 472 g/mol. The Hall–Kier alpha value is -3.61. The van der Waals surface area contributed by atoms with Crippen LogP contribution >= 0.6 is 11.7 Å². The summed E-state index contributed by atoms with van der Waals surface area (Å²) in [5.41, 5.74) is 1.77. The molecule has 4 aromatic rings. The number of anilines is 1. The van der Waals surface area contributed by atoms with Gasteiger partial charge in [0.25, 0.3) is 5.91 Å². The van der Waals surface area contributed by atoms with Crippen molar-refractivity contribution in [3.8, 4) is 0 Å². The second-order valence-electron chi connectivity index (χ2n) is 6.49. The Kier molecular flexibility index (Phi) is 6.25. The molecule has 32 heavy (non-hydrogen) atoms. The van der Waals surface area contributed by atoms with Crippen molar-refractivity contribution in [2.75, 3.05) is 11.9 Å². The van der Waals surface area contributed by atoms with Crippen molar-refractivity contribution in [1.82, 2.24) is 13.5 Å². The van der Waals surface area contributed by atoms with E-state index in [1.807, 2.05) is 0 Å². The van der Waals surface area contributed by atoms with Crippen molar-refractivity contribution in [3.05, 3.63) is 72.2 Å². The van der Waals surface area contributed by atoms with Crippen molar-refractivity contribution < 1.29 is 27.2 Å². The Bertz CT molecular complexity index is 1350. The molecule has 2 aromatic carbocycles. The van der Waals surface area contributed by atoms with E-state index in [9.17, 15) is 18.0 Å². The van der Waals surface area contributed by atoms with Gasteiger partial charge < -0.3 is 14.5 Å². The van der Waals surface area contributed by atoms with E-state index in [1.54, 1.807) is 30.3 Å². The van der Waals surface area contributed by atoms with Crippen LogP contribution in [-0.4, -0.2) is 35.6 Å². The lowest BCUT2D eigenvalue weighted by Gasteiger charge is -2.08. The van der Waals surface area contributed by atoms with E-state index in [0.717, 1.165) is 11.7 Å². The van der Waals surface area contributed by atoms with Gasteiger partial charge >= 0.3 is 5.97 Å². The summed E-state index contributed by atoms with van der Waals surface area (Å²) in [5, 5.41) is 2.63. The summed E-state index contributed by atoms with van der Waals surface area (Å²) >= 11 is 1.03. The number of hydrogen-bond acceptors (Lipinski definition) is 9. The summed E-state index contributed by atoms with van der Waals surface area (Å²) in [5.74, 6) is -0.837. The van der Waals surface area contributed by atoms with Gasteiger partial charge in [0.05, 0.1) is 40.7 Å². The maximum atomic E-state index is 12.3. The van der Waals surface area contributed by atoms with Crippen molar-refractivity contribution in [1.29, 1.82) is 0 Å². The molecule has 0 unspecified atom stereocenters. The fourth-order valence-electron chi connectivity index (χ4n) is 2.74. The molecule has 0 aliphatic carbocycles. The molecule has 1 amide bonds. The number of benzene rings is 2. The van der Waals surface area contributed by atoms with Crippen molar-refractivity contribution >= 4 is 50.3 Å². The van der Waals surface area contributed by atoms with Gasteiger partial charge in [0.15, 0.2) is 6.61 Å². The lowest BCUT2D eigenvalue weighted by atomic mass is 10.2. The van der Waals surface area contributed by atoms with E-state index < -0.39 is 28.5 Å². The van der Waals surface area contributed by atoms with E-state index in [1.165, 1.54) is 30.5 Å². The van der Waals surface area contributed by atoms with Crippen LogP contribution in [0.3, 0.4) is 0 Å². The zero-order valence-corrected chi connectivity index (χ0v) is 18.0. The Balaban J connectivity index is 1.32. The van der Waals surface area contributed by atoms with Crippen molar-refractivity contribution in [2.24, 2.45) is 0 Å². The molecular weight excluding hydrogens is 456 g/mol. The van der Waals surface area contributed by atoms with Gasteiger partial charge in [-0.15, -0.1) is 0 Å². The molecular formula is C20H16N4O6S2. The lowest BCUT2D eigenvalue weighted by Crippen LogP contribution is -2.23. The molecule has 0 atom stereocenters. The van der Waals surface area contributed by atoms with E-state index in [4.69, 9.17) is 9.15 Å². The van der Waals surface area contributed by atoms with Crippen LogP contribution in [0.15, 0.2) is 70.2 Å². The molecule has 0 radical (unpaired) electrons. The van der Waals surface area contributed by atoms with Crippen LogP contribution in [0.25, 0.3) is 11.0 Å². The number of nitrogens with one attached hydrogen (secondary N) is 2. The lowest BCUT2D eigenvalue weighted by molar-refractivity contribution is -0.119. The zero-order chi connectivity index (χ0) is 22.6. The Morgan fingerprint density at radius 3 is 2.59 bits per heavy atom. The molecule has 0 spiro atoms. The van der Waals surface area contributed by atoms with Gasteiger partial charge in [0, 0.05) is 0 Å². The van der Waals surface area contributed by atoms with Gasteiger partial charge in [-0.1, -0.05) is 6.07 Å². The van der Waals surface area contributed by atoms with Gasteiger partial charge in [-0.05, 0) is 48.5 Å². The molecule has 164 valence electrons. The first-order valence-corrected chi connectivity index (χ1v) is 11.4. The highest BCUT2D eigenvalue weighted by Gasteiger charge is 2.17. The third kappa shape index (κ3) is 4.99. The second kappa shape index (κ2) is 9.26. The van der Waals surface area contributed by atoms with E-state index >= 15 is 0 Å². The van der Waals surface area contributed by atoms with Crippen LogP contribution in [0.1, 0.15) is 16.1 Å².